The number of hydrogen-bond donors (Lipinski definition) is 0. The summed E-state index contributed by atoms with van der Waals surface area (Å²) in [4.78, 5) is 29.9. The van der Waals surface area contributed by atoms with Gasteiger partial charge in [0.05, 0.1) is 32.1 Å². The Balaban J connectivity index is 1.29. The van der Waals surface area contributed by atoms with Crippen LogP contribution in [0.1, 0.15) is 109 Å². The van der Waals surface area contributed by atoms with E-state index in [1.54, 1.807) is 0 Å². The van der Waals surface area contributed by atoms with E-state index in [1.165, 1.54) is 16.8 Å². The first-order valence-electron chi connectivity index (χ1n) is 15.4. The van der Waals surface area contributed by atoms with Crippen LogP contribution in [0, 0.1) is 5.41 Å². The highest BCUT2D eigenvalue weighted by molar-refractivity contribution is 5.93. The number of esters is 2. The maximum Gasteiger partial charge on any atom is 0.306 e. The van der Waals surface area contributed by atoms with Crippen molar-refractivity contribution in [3.05, 3.63) is 29.3 Å². The molecule has 2 saturated heterocycles. The lowest BCUT2D eigenvalue weighted by molar-refractivity contribution is -0.154. The molecule has 0 amide bonds. The molecule has 0 unspecified atom stereocenters. The molecule has 40 heavy (non-hydrogen) atoms. The van der Waals surface area contributed by atoms with Crippen molar-refractivity contribution in [2.75, 3.05) is 26.4 Å². The number of carbonyl (C=O) groups excluding carboxylic acids is 2. The molecule has 7 heteroatoms. The summed E-state index contributed by atoms with van der Waals surface area (Å²) in [5.74, 6) is -0.187. The fraction of sp³-hybridized carbons (Fsp3) is 0.727. The molecule has 4 rings (SSSR count). The van der Waals surface area contributed by atoms with Gasteiger partial charge in [0.2, 0.25) is 0 Å². The quantitative estimate of drug-likeness (QED) is 0.264. The average molecular weight is 556 g/mol. The highest BCUT2D eigenvalue weighted by atomic mass is 16.6. The van der Waals surface area contributed by atoms with Gasteiger partial charge in [0.1, 0.15) is 12.2 Å². The number of aliphatic imine (C=N–C) groups is 1. The molecule has 0 N–H and O–H groups in total. The molecule has 0 bridgehead atoms. The standard InChI is InChI=1S/C33H49NO6/c1-32(2,18-6-10-30(35)39-24-14-20-37-21-15-24)27-8-5-9-28-26(27)12-13-29(34-28)33(3,4)19-7-11-31(36)40-25-16-22-38-23-17-25/h5,8-9,24-25H,6-7,10-23H2,1-4H3. The van der Waals surface area contributed by atoms with Gasteiger partial charge in [-0.1, -0.05) is 39.8 Å². The zero-order valence-electron chi connectivity index (χ0n) is 25.1. The number of benzene rings is 1. The van der Waals surface area contributed by atoms with E-state index in [1.807, 2.05) is 0 Å². The lowest BCUT2D eigenvalue weighted by atomic mass is 9.74. The van der Waals surface area contributed by atoms with Gasteiger partial charge >= 0.3 is 11.9 Å². The van der Waals surface area contributed by atoms with Crippen LogP contribution in [0.2, 0.25) is 0 Å². The minimum Gasteiger partial charge on any atom is -0.462 e. The van der Waals surface area contributed by atoms with Gasteiger partial charge in [-0.15, -0.1) is 0 Å². The van der Waals surface area contributed by atoms with Gasteiger partial charge in [-0.25, -0.2) is 0 Å². The summed E-state index contributed by atoms with van der Waals surface area (Å²) in [5, 5.41) is 0. The number of nitrogens with zero attached hydrogens (tertiary/aromatic N) is 1. The lowest BCUT2D eigenvalue weighted by Gasteiger charge is -2.33. The van der Waals surface area contributed by atoms with Crippen LogP contribution in [-0.2, 0) is 40.4 Å². The molecule has 222 valence electrons. The monoisotopic (exact) mass is 555 g/mol. The van der Waals surface area contributed by atoms with E-state index in [2.05, 4.69) is 45.9 Å². The minimum absolute atomic E-state index is 0.0117. The van der Waals surface area contributed by atoms with E-state index in [0.29, 0.717) is 39.3 Å². The Morgan fingerprint density at radius 3 is 1.88 bits per heavy atom. The second kappa shape index (κ2) is 14.1. The Hall–Kier alpha value is -2.25. The topological polar surface area (TPSA) is 83.4 Å². The number of fused-ring (bicyclic) bond motifs is 1. The fourth-order valence-corrected chi connectivity index (χ4v) is 6.22. The van der Waals surface area contributed by atoms with Gasteiger partial charge in [0.25, 0.3) is 0 Å². The first kappa shape index (κ1) is 30.7. The molecule has 1 aromatic rings. The predicted octanol–water partition coefficient (Wildman–Crippen LogP) is 6.79. The Labute approximate surface area is 240 Å². The zero-order chi connectivity index (χ0) is 28.6. The van der Waals surface area contributed by atoms with E-state index in [0.717, 1.165) is 69.9 Å². The molecule has 0 radical (unpaired) electrons. The molecule has 0 saturated carbocycles. The molecule has 0 aliphatic carbocycles. The van der Waals surface area contributed by atoms with Crippen LogP contribution in [-0.4, -0.2) is 56.3 Å². The van der Waals surface area contributed by atoms with Crippen molar-refractivity contribution in [2.45, 2.75) is 122 Å². The molecule has 0 aromatic heterocycles. The Morgan fingerprint density at radius 1 is 0.800 bits per heavy atom. The minimum atomic E-state index is -0.0950. The van der Waals surface area contributed by atoms with Gasteiger partial charge in [-0.3, -0.25) is 14.6 Å². The average Bonchev–Trinajstić information content (AvgIpc) is 2.93. The Morgan fingerprint density at radius 2 is 1.32 bits per heavy atom. The number of carbonyl (C=O) groups is 2. The van der Waals surface area contributed by atoms with Gasteiger partial charge in [0.15, 0.2) is 0 Å². The third-order valence-electron chi connectivity index (χ3n) is 8.83. The molecular formula is C33H49NO6. The normalized spacial score (nSPS) is 19.1. The lowest BCUT2D eigenvalue weighted by Crippen LogP contribution is -2.29. The first-order chi connectivity index (χ1) is 19.1. The second-order valence-corrected chi connectivity index (χ2v) is 12.9. The fourth-order valence-electron chi connectivity index (χ4n) is 6.22. The Kier molecular flexibility index (Phi) is 10.8. The van der Waals surface area contributed by atoms with Gasteiger partial charge in [0, 0.05) is 49.7 Å². The van der Waals surface area contributed by atoms with E-state index in [4.69, 9.17) is 23.9 Å². The third-order valence-corrected chi connectivity index (χ3v) is 8.83. The van der Waals surface area contributed by atoms with E-state index in [9.17, 15) is 9.59 Å². The van der Waals surface area contributed by atoms with Gasteiger partial charge < -0.3 is 18.9 Å². The van der Waals surface area contributed by atoms with Crippen molar-refractivity contribution >= 4 is 23.3 Å². The summed E-state index contributed by atoms with van der Waals surface area (Å²) in [5.41, 5.74) is 4.81. The maximum absolute atomic E-state index is 12.4. The summed E-state index contributed by atoms with van der Waals surface area (Å²) in [6.07, 6.45) is 9.44. The summed E-state index contributed by atoms with van der Waals surface area (Å²) in [6.45, 7) is 11.7. The van der Waals surface area contributed by atoms with E-state index < -0.39 is 0 Å². The highest BCUT2D eigenvalue weighted by Crippen LogP contribution is 2.41. The van der Waals surface area contributed by atoms with Crippen LogP contribution >= 0.6 is 0 Å². The second-order valence-electron chi connectivity index (χ2n) is 12.9. The number of ether oxygens (including phenoxy) is 4. The van der Waals surface area contributed by atoms with Crippen LogP contribution in [0.3, 0.4) is 0 Å². The van der Waals surface area contributed by atoms with Crippen molar-refractivity contribution < 1.29 is 28.5 Å². The largest absolute Gasteiger partial charge is 0.462 e. The van der Waals surface area contributed by atoms with Gasteiger partial charge in [-0.05, 0) is 61.1 Å². The molecule has 1 aromatic carbocycles. The van der Waals surface area contributed by atoms with Gasteiger partial charge in [-0.2, -0.15) is 0 Å². The van der Waals surface area contributed by atoms with E-state index in [-0.39, 0.29) is 35.0 Å². The predicted molar refractivity (Wildman–Crippen MR) is 156 cm³/mol. The molecule has 0 atom stereocenters. The maximum atomic E-state index is 12.4. The highest BCUT2D eigenvalue weighted by Gasteiger charge is 2.31. The van der Waals surface area contributed by atoms with Crippen molar-refractivity contribution in [1.82, 2.24) is 0 Å². The first-order valence-corrected chi connectivity index (χ1v) is 15.4. The van der Waals surface area contributed by atoms with E-state index >= 15 is 0 Å². The van der Waals surface area contributed by atoms with Crippen molar-refractivity contribution in [3.8, 4) is 0 Å². The smallest absolute Gasteiger partial charge is 0.306 e. The molecule has 3 aliphatic heterocycles. The Bertz CT molecular complexity index is 1030. The van der Waals surface area contributed by atoms with Crippen LogP contribution in [0.5, 0.6) is 0 Å². The molecule has 3 heterocycles. The molecule has 3 aliphatic rings. The molecular weight excluding hydrogens is 506 g/mol. The summed E-state index contributed by atoms with van der Waals surface area (Å²) < 4.78 is 22.0. The van der Waals surface area contributed by atoms with Crippen molar-refractivity contribution in [3.63, 3.8) is 0 Å². The summed E-state index contributed by atoms with van der Waals surface area (Å²) >= 11 is 0. The molecule has 2 fully saturated rings. The van der Waals surface area contributed by atoms with Crippen LogP contribution in [0.25, 0.3) is 0 Å². The molecule has 0 spiro atoms. The third kappa shape index (κ3) is 8.62. The zero-order valence-corrected chi connectivity index (χ0v) is 25.1. The summed E-state index contributed by atoms with van der Waals surface area (Å²) in [7, 11) is 0. The van der Waals surface area contributed by atoms with Crippen LogP contribution in [0.4, 0.5) is 5.69 Å². The molecule has 7 nitrogen and oxygen atoms in total. The summed E-state index contributed by atoms with van der Waals surface area (Å²) in [6, 6.07) is 6.47. The van der Waals surface area contributed by atoms with Crippen molar-refractivity contribution in [2.24, 2.45) is 10.4 Å². The van der Waals surface area contributed by atoms with Crippen LogP contribution in [0.15, 0.2) is 23.2 Å². The van der Waals surface area contributed by atoms with Crippen LogP contribution < -0.4 is 0 Å². The number of rotatable bonds is 12. The van der Waals surface area contributed by atoms with Crippen molar-refractivity contribution in [1.29, 1.82) is 0 Å². The number of hydrogen-bond acceptors (Lipinski definition) is 7. The SMILES string of the molecule is CC(C)(CCCC(=O)OC1CCOCC1)C1=Nc2cccc(C(C)(C)CCCC(=O)OC3CCOCC3)c2CC1.